The van der Waals surface area contributed by atoms with E-state index in [-0.39, 0.29) is 11.4 Å². The molecule has 1 aromatic carbocycles. The van der Waals surface area contributed by atoms with Gasteiger partial charge in [-0.05, 0) is 63.5 Å². The number of aliphatic hydroxyl groups excluding tert-OH is 1. The van der Waals surface area contributed by atoms with Gasteiger partial charge in [-0.3, -0.25) is 9.59 Å². The summed E-state index contributed by atoms with van der Waals surface area (Å²) in [6, 6.07) is 5.14. The molecule has 0 fully saturated rings. The van der Waals surface area contributed by atoms with E-state index in [0.717, 1.165) is 51.7 Å². The van der Waals surface area contributed by atoms with Crippen LogP contribution in [-0.2, 0) is 9.59 Å². The lowest BCUT2D eigenvalue weighted by Crippen LogP contribution is -2.35. The summed E-state index contributed by atoms with van der Waals surface area (Å²) in [5.41, 5.74) is 0.552. The van der Waals surface area contributed by atoms with Gasteiger partial charge in [-0.2, -0.15) is 0 Å². The minimum Gasteiger partial charge on any atom is -0.503 e. The van der Waals surface area contributed by atoms with E-state index in [4.69, 9.17) is 0 Å². The number of benzene rings is 1. The van der Waals surface area contributed by atoms with Gasteiger partial charge in [0.05, 0.1) is 11.6 Å². The van der Waals surface area contributed by atoms with Crippen molar-refractivity contribution >= 4 is 11.7 Å². The van der Waals surface area contributed by atoms with Gasteiger partial charge in [0.2, 0.25) is 0 Å². The Morgan fingerprint density at radius 2 is 1.76 bits per heavy atom. The maximum Gasteiger partial charge on any atom is 0.290 e. The van der Waals surface area contributed by atoms with Crippen LogP contribution in [0.25, 0.3) is 0 Å². The molecule has 1 aliphatic heterocycles. The highest BCUT2D eigenvalue weighted by atomic mass is 19.1. The van der Waals surface area contributed by atoms with E-state index in [0.29, 0.717) is 12.1 Å². The summed E-state index contributed by atoms with van der Waals surface area (Å²) in [5.74, 6) is -1.88. The van der Waals surface area contributed by atoms with Crippen LogP contribution in [0.4, 0.5) is 4.39 Å². The third kappa shape index (κ3) is 5.89. The number of Topliss-reactive ketones (excluding diaryl/α,β-unsaturated/α-hetero) is 1. The third-order valence-corrected chi connectivity index (χ3v) is 5.38. The zero-order chi connectivity index (χ0) is 21.4. The first-order valence-corrected chi connectivity index (χ1v) is 10.6. The highest BCUT2D eigenvalue weighted by Gasteiger charge is 2.42. The Balaban J connectivity index is 2.15. The Hall–Kier alpha value is -2.21. The average molecular weight is 405 g/mol. The highest BCUT2D eigenvalue weighted by Crippen LogP contribution is 2.37. The van der Waals surface area contributed by atoms with Crippen LogP contribution in [0.1, 0.15) is 64.5 Å². The lowest BCUT2D eigenvalue weighted by Gasteiger charge is -2.28. The molecule has 0 saturated carbocycles. The van der Waals surface area contributed by atoms with Crippen LogP contribution in [0.3, 0.4) is 0 Å². The van der Waals surface area contributed by atoms with Crippen molar-refractivity contribution in [2.75, 3.05) is 26.2 Å². The van der Waals surface area contributed by atoms with Gasteiger partial charge in [0.1, 0.15) is 5.82 Å². The number of amides is 1. The largest absolute Gasteiger partial charge is 0.503 e. The molecule has 0 radical (unpaired) electrons. The minimum absolute atomic E-state index is 0.0504. The molecule has 0 aromatic heterocycles. The van der Waals surface area contributed by atoms with Gasteiger partial charge in [-0.25, -0.2) is 4.39 Å². The number of halogens is 1. The fraction of sp³-hybridized carbons (Fsp3) is 0.565. The Kier molecular flexibility index (Phi) is 8.83. The normalized spacial score (nSPS) is 16.9. The summed E-state index contributed by atoms with van der Waals surface area (Å²) in [6.45, 7) is 8.96. The van der Waals surface area contributed by atoms with Gasteiger partial charge in [0.25, 0.3) is 5.91 Å². The van der Waals surface area contributed by atoms with Gasteiger partial charge < -0.3 is 14.9 Å². The second-order valence-electron chi connectivity index (χ2n) is 7.68. The van der Waals surface area contributed by atoms with E-state index in [1.54, 1.807) is 12.1 Å². The molecular weight excluding hydrogens is 371 g/mol. The molecule has 0 spiro atoms. The number of hydrogen-bond donors (Lipinski definition) is 1. The van der Waals surface area contributed by atoms with E-state index in [2.05, 4.69) is 18.7 Å². The smallest absolute Gasteiger partial charge is 0.290 e. The summed E-state index contributed by atoms with van der Waals surface area (Å²) in [4.78, 5) is 28.7. The zero-order valence-corrected chi connectivity index (χ0v) is 17.8. The maximum atomic E-state index is 13.8. The molecule has 1 aliphatic rings. The number of aliphatic hydroxyl groups is 1. The summed E-state index contributed by atoms with van der Waals surface area (Å²) in [6.07, 6.45) is 5.26. The number of unbranched alkanes of at least 4 members (excludes halogenated alkanes) is 2. The molecule has 1 heterocycles. The molecule has 160 valence electrons. The van der Waals surface area contributed by atoms with Crippen LogP contribution in [0.2, 0.25) is 0 Å². The van der Waals surface area contributed by atoms with Crippen LogP contribution < -0.4 is 0 Å². The van der Waals surface area contributed by atoms with E-state index in [1.165, 1.54) is 24.0 Å². The quantitative estimate of drug-likeness (QED) is 0.561. The predicted octanol–water partition coefficient (Wildman–Crippen LogP) is 4.40. The number of ketones is 1. The molecule has 0 saturated heterocycles. The van der Waals surface area contributed by atoms with Crippen LogP contribution in [0.5, 0.6) is 0 Å². The number of carbonyl (C=O) groups is 2. The number of rotatable bonds is 12. The second kappa shape index (κ2) is 11.1. The average Bonchev–Trinajstić information content (AvgIpc) is 2.94. The van der Waals surface area contributed by atoms with Crippen LogP contribution in [-0.4, -0.2) is 52.8 Å². The fourth-order valence-electron chi connectivity index (χ4n) is 3.83. The van der Waals surface area contributed by atoms with Gasteiger partial charge >= 0.3 is 0 Å². The molecule has 2 rings (SSSR count). The Morgan fingerprint density at radius 1 is 1.14 bits per heavy atom. The Labute approximate surface area is 173 Å². The monoisotopic (exact) mass is 404 g/mol. The van der Waals surface area contributed by atoms with E-state index >= 15 is 0 Å². The summed E-state index contributed by atoms with van der Waals surface area (Å²) < 4.78 is 13.8. The van der Waals surface area contributed by atoms with Crippen LogP contribution in [0, 0.1) is 5.82 Å². The summed E-state index contributed by atoms with van der Waals surface area (Å²) in [5, 5.41) is 10.3. The molecule has 0 aliphatic carbocycles. The van der Waals surface area contributed by atoms with Crippen molar-refractivity contribution in [3.05, 3.63) is 47.0 Å². The lowest BCUT2D eigenvalue weighted by atomic mass is 9.96. The van der Waals surface area contributed by atoms with E-state index in [9.17, 15) is 19.1 Å². The van der Waals surface area contributed by atoms with Gasteiger partial charge in [0, 0.05) is 6.54 Å². The third-order valence-electron chi connectivity index (χ3n) is 5.38. The SMILES string of the molecule is CCCCN(CCCC)CCCN1C(=O)C(O)=C(C(C)=O)[C@@H]1c1cccc(F)c1. The van der Waals surface area contributed by atoms with Crippen LogP contribution in [0.15, 0.2) is 35.6 Å². The molecule has 0 bridgehead atoms. The number of carbonyl (C=O) groups excluding carboxylic acids is 2. The second-order valence-corrected chi connectivity index (χ2v) is 7.68. The van der Waals surface area contributed by atoms with Crippen molar-refractivity contribution in [3.63, 3.8) is 0 Å². The molecular formula is C23H33FN2O3. The van der Waals surface area contributed by atoms with Gasteiger partial charge in [-0.1, -0.05) is 38.8 Å². The summed E-state index contributed by atoms with van der Waals surface area (Å²) >= 11 is 0. The maximum absolute atomic E-state index is 13.8. The zero-order valence-electron chi connectivity index (χ0n) is 17.8. The molecule has 1 amide bonds. The van der Waals surface area contributed by atoms with Gasteiger partial charge in [0.15, 0.2) is 11.5 Å². The van der Waals surface area contributed by atoms with Crippen molar-refractivity contribution in [3.8, 4) is 0 Å². The molecule has 1 aromatic rings. The van der Waals surface area contributed by atoms with Crippen LogP contribution >= 0.6 is 0 Å². The van der Waals surface area contributed by atoms with Crippen molar-refractivity contribution < 1.29 is 19.1 Å². The Morgan fingerprint density at radius 3 is 2.31 bits per heavy atom. The summed E-state index contributed by atoms with van der Waals surface area (Å²) in [7, 11) is 0. The number of hydrogen-bond acceptors (Lipinski definition) is 4. The van der Waals surface area contributed by atoms with Crippen molar-refractivity contribution in [2.45, 2.75) is 58.9 Å². The molecule has 29 heavy (non-hydrogen) atoms. The number of nitrogens with zero attached hydrogens (tertiary/aromatic N) is 2. The van der Waals surface area contributed by atoms with E-state index < -0.39 is 23.5 Å². The molecule has 5 nitrogen and oxygen atoms in total. The minimum atomic E-state index is -0.740. The lowest BCUT2D eigenvalue weighted by molar-refractivity contribution is -0.129. The highest BCUT2D eigenvalue weighted by molar-refractivity contribution is 6.08. The van der Waals surface area contributed by atoms with Crippen molar-refractivity contribution in [1.82, 2.24) is 9.80 Å². The molecule has 1 atom stereocenters. The topological polar surface area (TPSA) is 60.9 Å². The van der Waals surface area contributed by atoms with Crippen molar-refractivity contribution in [2.24, 2.45) is 0 Å². The first kappa shape index (κ1) is 23.1. The molecule has 1 N–H and O–H groups in total. The van der Waals surface area contributed by atoms with Crippen molar-refractivity contribution in [1.29, 1.82) is 0 Å². The first-order chi connectivity index (χ1) is 13.9. The fourth-order valence-corrected chi connectivity index (χ4v) is 3.83. The predicted molar refractivity (Wildman–Crippen MR) is 112 cm³/mol. The van der Waals surface area contributed by atoms with E-state index in [1.807, 2.05) is 0 Å². The molecule has 6 heteroatoms. The first-order valence-electron chi connectivity index (χ1n) is 10.6. The standard InChI is InChI=1S/C23H33FN2O3/c1-4-6-12-25(13-7-5-2)14-9-15-26-21(18-10-8-11-19(24)16-18)20(17(3)27)22(28)23(26)29/h8,10-11,16,21,28H,4-7,9,12-15H2,1-3H3/t21-/m0/s1. The van der Waals surface area contributed by atoms with Gasteiger partial charge in [-0.15, -0.1) is 0 Å². The molecule has 0 unspecified atom stereocenters. The Bertz CT molecular complexity index is 739.